The molecule has 10 nitrogen and oxygen atoms in total. The standard InChI is InChI=1S/C37H39ClFN7O3/c1-44(25-12-17-45(21-25)30(48)11-10-24-18-26(47)19-40-24)35-28-20-41-33(27-8-2-6-23-7-3-9-29(38)31(23)27)32(39)34(28)42-36(43-35)49-22-37-13-4-15-46(37)16-5-14-37/h2-3,6-9,20,24-26,40,47H,4-5,12-19,21-22H2,1H3/t24-,25-,26-/m1/s1. The number of rotatable bonds is 6. The molecule has 4 saturated heterocycles. The summed E-state index contributed by atoms with van der Waals surface area (Å²) < 4.78 is 23.2. The number of nitrogens with one attached hydrogen (secondary N) is 1. The molecule has 4 aliphatic rings. The molecular weight excluding hydrogens is 645 g/mol. The Kier molecular flexibility index (Phi) is 8.52. The number of hydrogen-bond acceptors (Lipinski definition) is 9. The molecule has 4 fully saturated rings. The van der Waals surface area contributed by atoms with Crippen LogP contribution in [0.25, 0.3) is 32.9 Å². The van der Waals surface area contributed by atoms with Gasteiger partial charge in [0, 0.05) is 61.3 Å². The van der Waals surface area contributed by atoms with Gasteiger partial charge >= 0.3 is 6.01 Å². The van der Waals surface area contributed by atoms with Gasteiger partial charge in [0.25, 0.3) is 5.91 Å². The predicted molar refractivity (Wildman–Crippen MR) is 187 cm³/mol. The molecule has 49 heavy (non-hydrogen) atoms. The van der Waals surface area contributed by atoms with Crippen molar-refractivity contribution in [3.05, 3.63) is 53.4 Å². The summed E-state index contributed by atoms with van der Waals surface area (Å²) in [5.74, 6) is 5.39. The highest BCUT2D eigenvalue weighted by Crippen LogP contribution is 2.40. The quantitative estimate of drug-likeness (QED) is 0.286. The number of pyridine rings is 1. The minimum absolute atomic E-state index is 0.0362. The first-order chi connectivity index (χ1) is 23.8. The summed E-state index contributed by atoms with van der Waals surface area (Å²) in [5.41, 5.74) is 0.821. The molecule has 0 aliphatic carbocycles. The molecule has 2 N–H and O–H groups in total. The van der Waals surface area contributed by atoms with Gasteiger partial charge in [-0.05, 0) is 62.6 Å². The van der Waals surface area contributed by atoms with Crippen LogP contribution in [0.4, 0.5) is 10.2 Å². The van der Waals surface area contributed by atoms with Crippen LogP contribution in [-0.2, 0) is 4.79 Å². The molecule has 4 aromatic rings. The third-order valence-corrected chi connectivity index (χ3v) is 11.1. The fraction of sp³-hybridized carbons (Fsp3) is 0.459. The Morgan fingerprint density at radius 1 is 1.18 bits per heavy atom. The molecule has 0 bridgehead atoms. The van der Waals surface area contributed by atoms with Gasteiger partial charge in [0.1, 0.15) is 23.6 Å². The summed E-state index contributed by atoms with van der Waals surface area (Å²) in [5, 5.41) is 15.5. The summed E-state index contributed by atoms with van der Waals surface area (Å²) >= 11 is 6.63. The lowest BCUT2D eigenvalue weighted by atomic mass is 9.95. The molecule has 2 aromatic carbocycles. The Bertz CT molecular complexity index is 1980. The summed E-state index contributed by atoms with van der Waals surface area (Å²) in [6.45, 7) is 4.02. The smallest absolute Gasteiger partial charge is 0.319 e. The van der Waals surface area contributed by atoms with Crippen molar-refractivity contribution in [2.24, 2.45) is 0 Å². The molecular formula is C37H39ClFN7O3. The first-order valence-corrected chi connectivity index (χ1v) is 17.5. The minimum atomic E-state index is -0.572. The van der Waals surface area contributed by atoms with Crippen molar-refractivity contribution in [2.45, 2.75) is 62.3 Å². The lowest BCUT2D eigenvalue weighted by Gasteiger charge is -2.31. The molecule has 3 atom stereocenters. The van der Waals surface area contributed by atoms with E-state index in [1.165, 1.54) is 0 Å². The topological polar surface area (TPSA) is 107 Å². The Balaban J connectivity index is 1.14. The molecule has 0 saturated carbocycles. The summed E-state index contributed by atoms with van der Waals surface area (Å²) in [6, 6.07) is 11.1. The number of nitrogens with zero attached hydrogens (tertiary/aromatic N) is 6. The number of ether oxygens (including phenoxy) is 1. The molecule has 0 spiro atoms. The number of aliphatic hydroxyl groups excluding tert-OH is 1. The maximum absolute atomic E-state index is 16.8. The van der Waals surface area contributed by atoms with Crippen LogP contribution in [0.2, 0.25) is 5.02 Å². The molecule has 6 heterocycles. The monoisotopic (exact) mass is 683 g/mol. The second kappa shape index (κ2) is 13.0. The number of carbonyl (C=O) groups excluding carboxylic acids is 1. The number of hydrogen-bond donors (Lipinski definition) is 2. The largest absolute Gasteiger partial charge is 0.461 e. The maximum atomic E-state index is 16.8. The normalized spacial score (nSPS) is 23.2. The number of fused-ring (bicyclic) bond motifs is 3. The number of amides is 1. The molecule has 8 rings (SSSR count). The van der Waals surface area contributed by atoms with Crippen molar-refractivity contribution >= 4 is 45.0 Å². The lowest BCUT2D eigenvalue weighted by Crippen LogP contribution is -2.43. The van der Waals surface area contributed by atoms with Crippen LogP contribution in [0, 0.1) is 17.7 Å². The van der Waals surface area contributed by atoms with E-state index in [2.05, 4.69) is 32.0 Å². The number of β-amino-alcohol motifs (C(OH)–C–C–N with tert-alkyl or cyclic N) is 1. The lowest BCUT2D eigenvalue weighted by molar-refractivity contribution is -0.124. The number of aliphatic hydroxyl groups is 1. The zero-order valence-corrected chi connectivity index (χ0v) is 28.2. The number of halogens is 2. The number of likely N-dealkylation sites (tertiary alicyclic amines) is 1. The molecule has 12 heteroatoms. The van der Waals surface area contributed by atoms with E-state index in [9.17, 15) is 9.90 Å². The number of likely N-dealkylation sites (N-methyl/N-ethyl adjacent to an activating group) is 1. The van der Waals surface area contributed by atoms with Crippen LogP contribution >= 0.6 is 11.6 Å². The van der Waals surface area contributed by atoms with Gasteiger partial charge in [-0.15, -0.1) is 0 Å². The molecule has 1 amide bonds. The molecule has 254 valence electrons. The van der Waals surface area contributed by atoms with Crippen molar-refractivity contribution in [1.82, 2.24) is 30.1 Å². The fourth-order valence-electron chi connectivity index (χ4n) is 8.17. The van der Waals surface area contributed by atoms with E-state index in [0.717, 1.165) is 49.5 Å². The van der Waals surface area contributed by atoms with Gasteiger partial charge in [0.2, 0.25) is 0 Å². The Morgan fingerprint density at radius 2 is 1.98 bits per heavy atom. The van der Waals surface area contributed by atoms with E-state index in [1.54, 1.807) is 17.2 Å². The van der Waals surface area contributed by atoms with Gasteiger partial charge in [0.05, 0.1) is 23.1 Å². The van der Waals surface area contributed by atoms with E-state index < -0.39 is 11.9 Å². The van der Waals surface area contributed by atoms with E-state index in [4.69, 9.17) is 21.3 Å². The number of anilines is 1. The van der Waals surface area contributed by atoms with Crippen LogP contribution in [0.3, 0.4) is 0 Å². The van der Waals surface area contributed by atoms with E-state index in [-0.39, 0.29) is 40.8 Å². The Hall–Kier alpha value is -4.08. The highest BCUT2D eigenvalue weighted by atomic mass is 35.5. The van der Waals surface area contributed by atoms with Crippen molar-refractivity contribution < 1.29 is 19.0 Å². The van der Waals surface area contributed by atoms with Gasteiger partial charge < -0.3 is 25.0 Å². The maximum Gasteiger partial charge on any atom is 0.319 e. The SMILES string of the molecule is CN(c1nc(OCC23CCCN2CCC3)nc2c(F)c(-c3cccc4cccc(Cl)c34)ncc12)[C@@H]1CCN(C(=O)C#C[C@@H]2C[C@@H](O)CN2)C1. The third-order valence-electron chi connectivity index (χ3n) is 10.8. The van der Waals surface area contributed by atoms with Crippen molar-refractivity contribution in [2.75, 3.05) is 51.3 Å². The van der Waals surface area contributed by atoms with Crippen LogP contribution < -0.4 is 15.0 Å². The Labute approximate surface area is 289 Å². The van der Waals surface area contributed by atoms with Gasteiger partial charge in [-0.2, -0.15) is 9.97 Å². The zero-order valence-electron chi connectivity index (χ0n) is 27.5. The Morgan fingerprint density at radius 3 is 2.76 bits per heavy atom. The number of benzene rings is 2. The average Bonchev–Trinajstić information content (AvgIpc) is 3.91. The highest BCUT2D eigenvalue weighted by Gasteiger charge is 2.45. The summed E-state index contributed by atoms with van der Waals surface area (Å²) in [4.78, 5) is 33.4. The number of carbonyl (C=O) groups is 1. The molecule has 2 aromatic heterocycles. The molecule has 0 unspecified atom stereocenters. The highest BCUT2D eigenvalue weighted by molar-refractivity contribution is 6.36. The van der Waals surface area contributed by atoms with Gasteiger partial charge in [-0.3, -0.25) is 14.7 Å². The summed E-state index contributed by atoms with van der Waals surface area (Å²) in [7, 11) is 1.91. The predicted octanol–water partition coefficient (Wildman–Crippen LogP) is 4.41. The third kappa shape index (κ3) is 5.95. The van der Waals surface area contributed by atoms with Crippen LogP contribution in [0.15, 0.2) is 42.6 Å². The van der Waals surface area contributed by atoms with Gasteiger partial charge in [0.15, 0.2) is 5.82 Å². The average molecular weight is 684 g/mol. The van der Waals surface area contributed by atoms with Gasteiger partial charge in [-0.1, -0.05) is 47.9 Å². The molecule has 0 radical (unpaired) electrons. The first-order valence-electron chi connectivity index (χ1n) is 17.2. The minimum Gasteiger partial charge on any atom is -0.461 e. The fourth-order valence-corrected chi connectivity index (χ4v) is 8.45. The summed E-state index contributed by atoms with van der Waals surface area (Å²) in [6.07, 6.45) is 6.77. The van der Waals surface area contributed by atoms with E-state index in [1.807, 2.05) is 42.3 Å². The van der Waals surface area contributed by atoms with Gasteiger partial charge in [-0.25, -0.2) is 4.39 Å². The second-order valence-corrected chi connectivity index (χ2v) is 14.2. The van der Waals surface area contributed by atoms with Crippen molar-refractivity contribution in [1.29, 1.82) is 0 Å². The number of aromatic nitrogens is 3. The van der Waals surface area contributed by atoms with Crippen LogP contribution in [0.1, 0.15) is 38.5 Å². The second-order valence-electron chi connectivity index (χ2n) is 13.8. The van der Waals surface area contributed by atoms with E-state index >= 15 is 4.39 Å². The molecule has 4 aliphatic heterocycles. The van der Waals surface area contributed by atoms with Crippen LogP contribution in [0.5, 0.6) is 6.01 Å². The zero-order chi connectivity index (χ0) is 33.7. The van der Waals surface area contributed by atoms with Crippen LogP contribution in [-0.4, -0.2) is 106 Å². The van der Waals surface area contributed by atoms with Crippen molar-refractivity contribution in [3.8, 4) is 29.1 Å². The van der Waals surface area contributed by atoms with E-state index in [0.29, 0.717) is 60.9 Å². The first kappa shape index (κ1) is 32.1. The van der Waals surface area contributed by atoms with Crippen molar-refractivity contribution in [3.63, 3.8) is 0 Å².